The summed E-state index contributed by atoms with van der Waals surface area (Å²) >= 11 is 12.2. The fourth-order valence-electron chi connectivity index (χ4n) is 3.63. The van der Waals surface area contributed by atoms with Gasteiger partial charge in [-0.3, -0.25) is 4.79 Å². The molecular formula is C27H25Cl2N3O2. The molecule has 1 atom stereocenters. The standard InChI is InChI=1S/C27H25Cl2N3O2/c28-22-8-5-20(6-9-22)7-12-25(18-32-16-15-30-19-32)34-24-13-10-23(11-14-24)31-27(33)17-21-3-1-2-4-26(21)29/h1-6,8-11,13-16,19,25H,7,12,17-18H2,(H,31,33). The van der Waals surface area contributed by atoms with Gasteiger partial charge in [0.15, 0.2) is 0 Å². The molecule has 0 saturated carbocycles. The van der Waals surface area contributed by atoms with Crippen LogP contribution in [0.25, 0.3) is 0 Å². The van der Waals surface area contributed by atoms with E-state index >= 15 is 0 Å². The van der Waals surface area contributed by atoms with Gasteiger partial charge in [0, 0.05) is 28.1 Å². The van der Waals surface area contributed by atoms with Crippen LogP contribution >= 0.6 is 23.2 Å². The fourth-order valence-corrected chi connectivity index (χ4v) is 3.95. The quantitative estimate of drug-likeness (QED) is 0.276. The Hall–Kier alpha value is -3.28. The highest BCUT2D eigenvalue weighted by Gasteiger charge is 2.13. The van der Waals surface area contributed by atoms with E-state index in [-0.39, 0.29) is 18.4 Å². The summed E-state index contributed by atoms with van der Waals surface area (Å²) in [7, 11) is 0. The molecule has 174 valence electrons. The highest BCUT2D eigenvalue weighted by molar-refractivity contribution is 6.31. The summed E-state index contributed by atoms with van der Waals surface area (Å²) in [5.41, 5.74) is 2.71. The first-order valence-corrected chi connectivity index (χ1v) is 11.8. The number of imidazole rings is 1. The topological polar surface area (TPSA) is 56.1 Å². The zero-order valence-corrected chi connectivity index (χ0v) is 20.0. The lowest BCUT2D eigenvalue weighted by molar-refractivity contribution is -0.115. The molecule has 1 heterocycles. The average molecular weight is 494 g/mol. The number of halogens is 2. The minimum atomic E-state index is -0.122. The average Bonchev–Trinajstić information content (AvgIpc) is 3.34. The lowest BCUT2D eigenvalue weighted by Gasteiger charge is -2.20. The number of rotatable bonds is 10. The van der Waals surface area contributed by atoms with Crippen LogP contribution in [0.15, 0.2) is 91.5 Å². The molecule has 3 aromatic carbocycles. The molecule has 0 bridgehead atoms. The Kier molecular flexibility index (Phi) is 8.23. The Balaban J connectivity index is 1.36. The van der Waals surface area contributed by atoms with Gasteiger partial charge in [-0.05, 0) is 66.4 Å². The SMILES string of the molecule is O=C(Cc1ccccc1Cl)Nc1ccc(OC(CCc2ccc(Cl)cc2)Cn2ccnc2)cc1. The predicted octanol–water partition coefficient (Wildman–Crippen LogP) is 6.45. The molecule has 4 aromatic rings. The van der Waals surface area contributed by atoms with Crippen LogP contribution in [-0.2, 0) is 24.2 Å². The summed E-state index contributed by atoms with van der Waals surface area (Å²) in [6.07, 6.45) is 7.34. The minimum absolute atomic E-state index is 0.0504. The van der Waals surface area contributed by atoms with E-state index in [1.165, 1.54) is 5.56 Å². The predicted molar refractivity (Wildman–Crippen MR) is 137 cm³/mol. The number of hydrogen-bond acceptors (Lipinski definition) is 3. The van der Waals surface area contributed by atoms with Crippen LogP contribution in [0, 0.1) is 0 Å². The smallest absolute Gasteiger partial charge is 0.228 e. The number of nitrogens with one attached hydrogen (secondary N) is 1. The number of aryl methyl sites for hydroxylation is 1. The maximum atomic E-state index is 12.4. The van der Waals surface area contributed by atoms with Gasteiger partial charge in [-0.15, -0.1) is 0 Å². The maximum Gasteiger partial charge on any atom is 0.228 e. The van der Waals surface area contributed by atoms with Gasteiger partial charge in [-0.1, -0.05) is 53.5 Å². The van der Waals surface area contributed by atoms with Crippen molar-refractivity contribution in [3.05, 3.63) is 113 Å². The van der Waals surface area contributed by atoms with Crippen LogP contribution in [-0.4, -0.2) is 21.6 Å². The summed E-state index contributed by atoms with van der Waals surface area (Å²) in [6.45, 7) is 0.684. The number of ether oxygens (including phenoxy) is 1. The number of carbonyl (C=O) groups excluding carboxylic acids is 1. The van der Waals surface area contributed by atoms with Crippen LogP contribution in [0.1, 0.15) is 17.5 Å². The molecule has 7 heteroatoms. The van der Waals surface area contributed by atoms with E-state index in [0.29, 0.717) is 17.3 Å². The van der Waals surface area contributed by atoms with E-state index in [2.05, 4.69) is 10.3 Å². The van der Waals surface area contributed by atoms with Gasteiger partial charge in [-0.2, -0.15) is 0 Å². The Morgan fingerprint density at radius 1 is 1.00 bits per heavy atom. The van der Waals surface area contributed by atoms with Crippen LogP contribution in [0.2, 0.25) is 10.0 Å². The van der Waals surface area contributed by atoms with Gasteiger partial charge >= 0.3 is 0 Å². The van der Waals surface area contributed by atoms with Crippen molar-refractivity contribution in [3.8, 4) is 5.75 Å². The molecule has 0 saturated heterocycles. The van der Waals surface area contributed by atoms with E-state index < -0.39 is 0 Å². The van der Waals surface area contributed by atoms with Crippen LogP contribution in [0.4, 0.5) is 5.69 Å². The zero-order chi connectivity index (χ0) is 23.8. The van der Waals surface area contributed by atoms with Crippen molar-refractivity contribution in [1.29, 1.82) is 0 Å². The van der Waals surface area contributed by atoms with Crippen LogP contribution in [0.3, 0.4) is 0 Å². The molecule has 0 aliphatic rings. The van der Waals surface area contributed by atoms with Crippen molar-refractivity contribution in [3.63, 3.8) is 0 Å². The van der Waals surface area contributed by atoms with Gasteiger partial charge in [-0.25, -0.2) is 4.98 Å². The van der Waals surface area contributed by atoms with Crippen LogP contribution < -0.4 is 10.1 Å². The van der Waals surface area contributed by atoms with Crippen molar-refractivity contribution in [2.45, 2.75) is 31.9 Å². The first-order chi connectivity index (χ1) is 16.5. The molecule has 1 amide bonds. The number of benzene rings is 3. The monoisotopic (exact) mass is 493 g/mol. The minimum Gasteiger partial charge on any atom is -0.489 e. The summed E-state index contributed by atoms with van der Waals surface area (Å²) in [6, 6.07) is 22.7. The summed E-state index contributed by atoms with van der Waals surface area (Å²) in [4.78, 5) is 16.5. The fraction of sp³-hybridized carbons (Fsp3) is 0.185. The second-order valence-corrected chi connectivity index (χ2v) is 8.85. The molecule has 1 aromatic heterocycles. The third-order valence-corrected chi connectivity index (χ3v) is 6.01. The van der Waals surface area contributed by atoms with Crippen LogP contribution in [0.5, 0.6) is 5.75 Å². The molecule has 1 unspecified atom stereocenters. The summed E-state index contributed by atoms with van der Waals surface area (Å²) < 4.78 is 8.31. The van der Waals surface area contributed by atoms with Gasteiger partial charge in [0.05, 0.1) is 19.3 Å². The second-order valence-electron chi connectivity index (χ2n) is 8.01. The normalized spacial score (nSPS) is 11.7. The zero-order valence-electron chi connectivity index (χ0n) is 18.5. The van der Waals surface area contributed by atoms with Crippen molar-refractivity contribution in [1.82, 2.24) is 9.55 Å². The first-order valence-electron chi connectivity index (χ1n) is 11.1. The largest absolute Gasteiger partial charge is 0.489 e. The molecule has 1 N–H and O–H groups in total. The van der Waals surface area contributed by atoms with Crippen molar-refractivity contribution in [2.75, 3.05) is 5.32 Å². The second kappa shape index (κ2) is 11.7. The summed E-state index contributed by atoms with van der Waals surface area (Å²) in [5.74, 6) is 0.619. The molecule has 4 rings (SSSR count). The highest BCUT2D eigenvalue weighted by Crippen LogP contribution is 2.21. The lowest BCUT2D eigenvalue weighted by atomic mass is 10.1. The molecule has 0 radical (unpaired) electrons. The lowest BCUT2D eigenvalue weighted by Crippen LogP contribution is -2.23. The number of hydrogen-bond donors (Lipinski definition) is 1. The molecule has 0 aliphatic carbocycles. The van der Waals surface area contributed by atoms with Gasteiger partial charge in [0.25, 0.3) is 0 Å². The number of carbonyl (C=O) groups is 1. The van der Waals surface area contributed by atoms with Gasteiger partial charge in [0.2, 0.25) is 5.91 Å². The number of nitrogens with zero attached hydrogens (tertiary/aromatic N) is 2. The number of aromatic nitrogens is 2. The molecule has 5 nitrogen and oxygen atoms in total. The third-order valence-electron chi connectivity index (χ3n) is 5.39. The Morgan fingerprint density at radius 2 is 1.76 bits per heavy atom. The van der Waals surface area contributed by atoms with Crippen molar-refractivity contribution in [2.24, 2.45) is 0 Å². The van der Waals surface area contributed by atoms with E-state index in [0.717, 1.165) is 29.2 Å². The van der Waals surface area contributed by atoms with E-state index in [1.807, 2.05) is 77.5 Å². The molecular weight excluding hydrogens is 469 g/mol. The Labute approximate surface area is 209 Å². The van der Waals surface area contributed by atoms with Gasteiger partial charge < -0.3 is 14.6 Å². The molecule has 0 aliphatic heterocycles. The maximum absolute atomic E-state index is 12.4. The van der Waals surface area contributed by atoms with E-state index in [1.54, 1.807) is 18.6 Å². The first kappa shape index (κ1) is 23.9. The van der Waals surface area contributed by atoms with E-state index in [4.69, 9.17) is 27.9 Å². The Morgan fingerprint density at radius 3 is 2.47 bits per heavy atom. The molecule has 0 fully saturated rings. The number of anilines is 1. The Bertz CT molecular complexity index is 1190. The van der Waals surface area contributed by atoms with Gasteiger partial charge in [0.1, 0.15) is 11.9 Å². The highest BCUT2D eigenvalue weighted by atomic mass is 35.5. The van der Waals surface area contributed by atoms with Crippen molar-refractivity contribution >= 4 is 34.8 Å². The molecule has 0 spiro atoms. The van der Waals surface area contributed by atoms with Crippen molar-refractivity contribution < 1.29 is 9.53 Å². The van der Waals surface area contributed by atoms with E-state index in [9.17, 15) is 4.79 Å². The summed E-state index contributed by atoms with van der Waals surface area (Å²) in [5, 5.41) is 4.23. The number of amides is 1. The molecule has 34 heavy (non-hydrogen) atoms. The third kappa shape index (κ3) is 7.11.